The monoisotopic (exact) mass is 214 g/mol. The molecular formula is C10H18N2O3. The zero-order valence-corrected chi connectivity index (χ0v) is 9.36. The second kappa shape index (κ2) is 6.06. The van der Waals surface area contributed by atoms with Crippen molar-refractivity contribution in [3.8, 4) is 0 Å². The highest BCUT2D eigenvalue weighted by Gasteiger charge is 2.24. The molecule has 5 nitrogen and oxygen atoms in total. The van der Waals surface area contributed by atoms with Gasteiger partial charge in [0.25, 0.3) is 0 Å². The van der Waals surface area contributed by atoms with Crippen LogP contribution in [0.25, 0.3) is 0 Å². The lowest BCUT2D eigenvalue weighted by Crippen LogP contribution is -2.49. The third kappa shape index (κ3) is 4.49. The molecule has 15 heavy (non-hydrogen) atoms. The lowest BCUT2D eigenvalue weighted by molar-refractivity contribution is -0.140. The van der Waals surface area contributed by atoms with Crippen molar-refractivity contribution in [3.63, 3.8) is 0 Å². The fourth-order valence-corrected chi connectivity index (χ4v) is 1.03. The number of amides is 2. The Bertz CT molecular complexity index is 251. The van der Waals surface area contributed by atoms with Crippen LogP contribution in [0.15, 0.2) is 12.7 Å². The number of carbonyl (C=O) groups excluding carboxylic acids is 1. The van der Waals surface area contributed by atoms with Gasteiger partial charge in [0.2, 0.25) is 0 Å². The maximum atomic E-state index is 11.5. The van der Waals surface area contributed by atoms with Gasteiger partial charge in [0.1, 0.15) is 6.04 Å². The zero-order chi connectivity index (χ0) is 12.0. The Kier molecular flexibility index (Phi) is 5.44. The van der Waals surface area contributed by atoms with Gasteiger partial charge in [0.15, 0.2) is 0 Å². The third-order valence-electron chi connectivity index (χ3n) is 1.96. The van der Waals surface area contributed by atoms with Crippen molar-refractivity contribution in [2.24, 2.45) is 5.92 Å². The second-order valence-electron chi connectivity index (χ2n) is 3.68. The van der Waals surface area contributed by atoms with Gasteiger partial charge in [0, 0.05) is 13.6 Å². The Morgan fingerprint density at radius 1 is 1.53 bits per heavy atom. The van der Waals surface area contributed by atoms with Crippen LogP contribution < -0.4 is 5.32 Å². The molecule has 0 saturated carbocycles. The number of nitrogens with one attached hydrogen (secondary N) is 1. The number of rotatable bonds is 5. The number of aliphatic carboxylic acids is 1. The van der Waals surface area contributed by atoms with Crippen molar-refractivity contribution in [2.45, 2.75) is 19.9 Å². The molecule has 0 rings (SSSR count). The molecular weight excluding hydrogens is 196 g/mol. The van der Waals surface area contributed by atoms with E-state index in [1.54, 1.807) is 27.0 Å². The first kappa shape index (κ1) is 13.5. The summed E-state index contributed by atoms with van der Waals surface area (Å²) in [6.45, 7) is 7.36. The van der Waals surface area contributed by atoms with Crippen LogP contribution >= 0.6 is 0 Å². The number of carboxylic acid groups (broad SMARTS) is 1. The van der Waals surface area contributed by atoms with Crippen LogP contribution in [0, 0.1) is 5.92 Å². The van der Waals surface area contributed by atoms with Gasteiger partial charge in [-0.25, -0.2) is 9.59 Å². The van der Waals surface area contributed by atoms with Gasteiger partial charge in [-0.05, 0) is 5.92 Å². The van der Waals surface area contributed by atoms with Crippen LogP contribution in [-0.4, -0.2) is 41.6 Å². The molecule has 86 valence electrons. The number of hydrogen-bond donors (Lipinski definition) is 2. The average Bonchev–Trinajstić information content (AvgIpc) is 2.12. The van der Waals surface area contributed by atoms with E-state index < -0.39 is 18.0 Å². The summed E-state index contributed by atoms with van der Waals surface area (Å²) < 4.78 is 0. The van der Waals surface area contributed by atoms with Crippen LogP contribution in [-0.2, 0) is 4.79 Å². The first-order valence-electron chi connectivity index (χ1n) is 4.75. The second-order valence-corrected chi connectivity index (χ2v) is 3.68. The molecule has 0 heterocycles. The predicted molar refractivity (Wildman–Crippen MR) is 57.6 cm³/mol. The van der Waals surface area contributed by atoms with Crippen molar-refractivity contribution >= 4 is 12.0 Å². The van der Waals surface area contributed by atoms with E-state index in [0.717, 1.165) is 0 Å². The Morgan fingerprint density at radius 3 is 2.40 bits per heavy atom. The summed E-state index contributed by atoms with van der Waals surface area (Å²) in [6, 6.07) is -1.26. The molecule has 0 aromatic rings. The highest BCUT2D eigenvalue weighted by molar-refractivity contribution is 5.82. The molecule has 0 aromatic heterocycles. The van der Waals surface area contributed by atoms with E-state index in [1.807, 2.05) is 0 Å². The molecule has 2 N–H and O–H groups in total. The van der Waals surface area contributed by atoms with Gasteiger partial charge in [-0.1, -0.05) is 19.9 Å². The quantitative estimate of drug-likeness (QED) is 0.669. The largest absolute Gasteiger partial charge is 0.480 e. The van der Waals surface area contributed by atoms with Crippen molar-refractivity contribution in [3.05, 3.63) is 12.7 Å². The Hall–Kier alpha value is -1.52. The lowest BCUT2D eigenvalue weighted by Gasteiger charge is -2.22. The highest BCUT2D eigenvalue weighted by atomic mass is 16.4. The lowest BCUT2D eigenvalue weighted by atomic mass is 10.1. The fraction of sp³-hybridized carbons (Fsp3) is 0.600. The Balaban J connectivity index is 4.35. The van der Waals surface area contributed by atoms with E-state index in [-0.39, 0.29) is 5.92 Å². The van der Waals surface area contributed by atoms with Crippen LogP contribution in [0.1, 0.15) is 13.8 Å². The van der Waals surface area contributed by atoms with Crippen molar-refractivity contribution in [1.82, 2.24) is 10.2 Å². The van der Waals surface area contributed by atoms with Gasteiger partial charge >= 0.3 is 12.0 Å². The van der Waals surface area contributed by atoms with Crippen LogP contribution in [0.2, 0.25) is 0 Å². The first-order valence-corrected chi connectivity index (χ1v) is 4.75. The molecule has 0 aliphatic rings. The van der Waals surface area contributed by atoms with E-state index in [4.69, 9.17) is 5.11 Å². The molecule has 1 atom stereocenters. The minimum Gasteiger partial charge on any atom is -0.480 e. The van der Waals surface area contributed by atoms with E-state index in [2.05, 4.69) is 11.9 Å². The molecule has 0 spiro atoms. The molecule has 0 radical (unpaired) electrons. The smallest absolute Gasteiger partial charge is 0.326 e. The first-order chi connectivity index (χ1) is 6.90. The summed E-state index contributed by atoms with van der Waals surface area (Å²) in [6.07, 6.45) is 1.57. The minimum atomic E-state index is -1.02. The standard InChI is InChI=1S/C10H18N2O3/c1-5-6-12(4)10(15)11-8(7(2)3)9(13)14/h5,7-8H,1,6H2,2-4H3,(H,11,15)(H,13,14)/t8-/m1/s1. The Labute approximate surface area is 89.8 Å². The Morgan fingerprint density at radius 2 is 2.07 bits per heavy atom. The minimum absolute atomic E-state index is 0.149. The molecule has 2 amide bonds. The van der Waals surface area contributed by atoms with Crippen LogP contribution in [0.5, 0.6) is 0 Å². The number of urea groups is 1. The van der Waals surface area contributed by atoms with Gasteiger partial charge in [-0.3, -0.25) is 0 Å². The summed E-state index contributed by atoms with van der Waals surface area (Å²) in [7, 11) is 1.58. The zero-order valence-electron chi connectivity index (χ0n) is 9.36. The number of likely N-dealkylation sites (N-methyl/N-ethyl adjacent to an activating group) is 1. The maximum Gasteiger partial charge on any atom is 0.326 e. The predicted octanol–water partition coefficient (Wildman–Crippen LogP) is 0.923. The normalized spacial score (nSPS) is 12.0. The highest BCUT2D eigenvalue weighted by Crippen LogP contribution is 2.02. The molecule has 0 aliphatic carbocycles. The van der Waals surface area contributed by atoms with Gasteiger partial charge in [-0.15, -0.1) is 6.58 Å². The molecule has 0 bridgehead atoms. The third-order valence-corrected chi connectivity index (χ3v) is 1.96. The molecule has 0 saturated heterocycles. The fourth-order valence-electron chi connectivity index (χ4n) is 1.03. The summed E-state index contributed by atoms with van der Waals surface area (Å²) in [5, 5.41) is 11.3. The topological polar surface area (TPSA) is 69.6 Å². The van der Waals surface area contributed by atoms with Crippen molar-refractivity contribution in [1.29, 1.82) is 0 Å². The van der Waals surface area contributed by atoms with Crippen molar-refractivity contribution < 1.29 is 14.7 Å². The summed E-state index contributed by atoms with van der Waals surface area (Å²) in [5.41, 5.74) is 0. The summed E-state index contributed by atoms with van der Waals surface area (Å²) >= 11 is 0. The average molecular weight is 214 g/mol. The van der Waals surface area contributed by atoms with Crippen LogP contribution in [0.4, 0.5) is 4.79 Å². The van der Waals surface area contributed by atoms with Crippen molar-refractivity contribution in [2.75, 3.05) is 13.6 Å². The molecule has 0 fully saturated rings. The molecule has 0 aromatic carbocycles. The van der Waals surface area contributed by atoms with E-state index >= 15 is 0 Å². The van der Waals surface area contributed by atoms with Gasteiger partial charge in [-0.2, -0.15) is 0 Å². The van der Waals surface area contributed by atoms with Gasteiger partial charge < -0.3 is 15.3 Å². The molecule has 0 aliphatic heterocycles. The number of nitrogens with zero attached hydrogens (tertiary/aromatic N) is 1. The van der Waals surface area contributed by atoms with E-state index in [9.17, 15) is 9.59 Å². The van der Waals surface area contributed by atoms with Gasteiger partial charge in [0.05, 0.1) is 0 Å². The summed E-state index contributed by atoms with van der Waals surface area (Å²) in [4.78, 5) is 23.6. The molecule has 0 unspecified atom stereocenters. The van der Waals surface area contributed by atoms with E-state index in [1.165, 1.54) is 4.90 Å². The maximum absolute atomic E-state index is 11.5. The summed E-state index contributed by atoms with van der Waals surface area (Å²) in [5.74, 6) is -1.17. The van der Waals surface area contributed by atoms with Crippen LogP contribution in [0.3, 0.4) is 0 Å². The molecule has 5 heteroatoms. The SMILES string of the molecule is C=CCN(C)C(=O)N[C@@H](C(=O)O)C(C)C. The number of carboxylic acids is 1. The number of carbonyl (C=O) groups is 2. The number of hydrogen-bond acceptors (Lipinski definition) is 2. The van der Waals surface area contributed by atoms with E-state index in [0.29, 0.717) is 6.54 Å².